The van der Waals surface area contributed by atoms with Gasteiger partial charge in [0, 0.05) is 36.8 Å². The Labute approximate surface area is 209 Å². The van der Waals surface area contributed by atoms with Gasteiger partial charge in [-0.2, -0.15) is 12.7 Å². The minimum absolute atomic E-state index is 0.0182. The van der Waals surface area contributed by atoms with Gasteiger partial charge in [0.25, 0.3) is 0 Å². The van der Waals surface area contributed by atoms with E-state index in [1.165, 1.54) is 19.2 Å². The normalized spacial score (nSPS) is 14.2. The Kier molecular flexibility index (Phi) is 8.83. The van der Waals surface area contributed by atoms with Crippen LogP contribution in [-0.4, -0.2) is 70.1 Å². The first kappa shape index (κ1) is 26.3. The molecule has 0 radical (unpaired) electrons. The van der Waals surface area contributed by atoms with Crippen LogP contribution in [0.25, 0.3) is 0 Å². The quantitative estimate of drug-likeness (QED) is 0.398. The molecule has 2 aromatic rings. The van der Waals surface area contributed by atoms with Crippen LogP contribution in [0.15, 0.2) is 30.3 Å². The maximum absolute atomic E-state index is 14.5. The third kappa shape index (κ3) is 6.64. The molecule has 0 aliphatic carbocycles. The van der Waals surface area contributed by atoms with Crippen molar-refractivity contribution in [1.82, 2.24) is 14.5 Å². The number of anilines is 3. The van der Waals surface area contributed by atoms with Crippen molar-refractivity contribution in [3.05, 3.63) is 51.4 Å². The van der Waals surface area contributed by atoms with Gasteiger partial charge in [0.05, 0.1) is 24.6 Å². The molecule has 14 heteroatoms. The summed E-state index contributed by atoms with van der Waals surface area (Å²) in [4.78, 5) is 13.7. The summed E-state index contributed by atoms with van der Waals surface area (Å²) in [5.41, 5.74) is -1.05. The molecule has 1 saturated heterocycles. The van der Waals surface area contributed by atoms with E-state index in [1.54, 1.807) is 11.0 Å². The number of hydrogen-bond acceptors (Lipinski definition) is 5. The topological polar surface area (TPSA) is 103 Å². The summed E-state index contributed by atoms with van der Waals surface area (Å²) in [7, 11) is -2.96. The number of benzene rings is 2. The fraction of sp³-hybridized carbons (Fsp3) is 0.350. The number of nitrogens with zero attached hydrogens (tertiary/aromatic N) is 2. The average molecular weight is 613 g/mol. The predicted molar refractivity (Wildman–Crippen MR) is 130 cm³/mol. The third-order valence-electron chi connectivity index (χ3n) is 4.94. The fourth-order valence-electron chi connectivity index (χ4n) is 3.02. The van der Waals surface area contributed by atoms with Crippen LogP contribution in [0.2, 0.25) is 0 Å². The van der Waals surface area contributed by atoms with Crippen molar-refractivity contribution in [2.45, 2.75) is 0 Å². The van der Waals surface area contributed by atoms with E-state index in [9.17, 15) is 26.4 Å². The monoisotopic (exact) mass is 613 g/mol. The molecule has 1 fully saturated rings. The van der Waals surface area contributed by atoms with E-state index in [0.717, 1.165) is 16.4 Å². The molecule has 3 rings (SSSR count). The lowest BCUT2D eigenvalue weighted by atomic mass is 10.2. The Bertz CT molecular complexity index is 1150. The molecular weight excluding hydrogens is 590 g/mol. The number of rotatable bonds is 8. The van der Waals surface area contributed by atoms with Crippen LogP contribution in [0.3, 0.4) is 0 Å². The van der Waals surface area contributed by atoms with Gasteiger partial charge in [-0.05, 0) is 52.9 Å². The van der Waals surface area contributed by atoms with Crippen LogP contribution < -0.4 is 15.4 Å². The number of likely N-dealkylation sites (N-methyl/N-ethyl adjacent to an activating group) is 1. The highest BCUT2D eigenvalue weighted by Gasteiger charge is 2.23. The van der Waals surface area contributed by atoms with Gasteiger partial charge in [-0.3, -0.25) is 4.72 Å². The van der Waals surface area contributed by atoms with Gasteiger partial charge in [0.2, 0.25) is 0 Å². The predicted octanol–water partition coefficient (Wildman–Crippen LogP) is 3.08. The van der Waals surface area contributed by atoms with E-state index in [-0.39, 0.29) is 30.5 Å². The van der Waals surface area contributed by atoms with Gasteiger partial charge >= 0.3 is 16.2 Å². The molecule has 2 aromatic carbocycles. The molecule has 0 bridgehead atoms. The van der Waals surface area contributed by atoms with Crippen molar-refractivity contribution >= 4 is 55.9 Å². The van der Waals surface area contributed by atoms with Gasteiger partial charge in [0.15, 0.2) is 11.6 Å². The highest BCUT2D eigenvalue weighted by Crippen LogP contribution is 2.32. The first-order valence-corrected chi connectivity index (χ1v) is 12.6. The maximum Gasteiger partial charge on any atom is 0.317 e. The Balaban J connectivity index is 1.69. The lowest BCUT2D eigenvalue weighted by molar-refractivity contribution is 0.0532. The molecule has 3 N–H and O–H groups in total. The molecule has 0 atom stereocenters. The summed E-state index contributed by atoms with van der Waals surface area (Å²) >= 11 is 1.89. The molecule has 34 heavy (non-hydrogen) atoms. The Hall–Kier alpha value is -2.30. The van der Waals surface area contributed by atoms with Crippen molar-refractivity contribution in [3.63, 3.8) is 0 Å². The van der Waals surface area contributed by atoms with Crippen LogP contribution in [0.5, 0.6) is 0 Å². The summed E-state index contributed by atoms with van der Waals surface area (Å²) in [5, 5.41) is 5.05. The Morgan fingerprint density at radius 3 is 2.47 bits per heavy atom. The van der Waals surface area contributed by atoms with Crippen molar-refractivity contribution < 1.29 is 31.1 Å². The van der Waals surface area contributed by atoms with Crippen LogP contribution >= 0.6 is 22.6 Å². The highest BCUT2D eigenvalue weighted by molar-refractivity contribution is 14.1. The standard InChI is InChI=1S/C20H23F3IN5O4S/c1-28(7-6-25-20(30)29-8-10-33-11-9-29)34(31,32)27-17-5-3-14(21)18(23)19(17)26-16-4-2-13(24)12-15(16)22/h2-5,12,26-27H,6-11H2,1H3,(H,25,30). The molecule has 0 aromatic heterocycles. The number of hydrogen-bond donors (Lipinski definition) is 3. The summed E-state index contributed by atoms with van der Waals surface area (Å²) in [6.07, 6.45) is 0. The minimum Gasteiger partial charge on any atom is -0.378 e. The molecule has 1 heterocycles. The number of carbonyl (C=O) groups is 1. The highest BCUT2D eigenvalue weighted by atomic mass is 127. The smallest absolute Gasteiger partial charge is 0.317 e. The van der Waals surface area contributed by atoms with Gasteiger partial charge in [0.1, 0.15) is 11.5 Å². The fourth-order valence-corrected chi connectivity index (χ4v) is 4.41. The zero-order chi connectivity index (χ0) is 24.9. The zero-order valence-electron chi connectivity index (χ0n) is 18.1. The largest absolute Gasteiger partial charge is 0.378 e. The summed E-state index contributed by atoms with van der Waals surface area (Å²) in [6, 6.07) is 5.49. The second-order valence-corrected chi connectivity index (χ2v) is 10.3. The lowest BCUT2D eigenvalue weighted by Gasteiger charge is -2.27. The SMILES string of the molecule is CN(CCNC(=O)N1CCOCC1)S(=O)(=O)Nc1ccc(F)c(F)c1Nc1ccc(I)cc1F. The van der Waals surface area contributed by atoms with Crippen molar-refractivity contribution in [2.75, 3.05) is 56.5 Å². The van der Waals surface area contributed by atoms with Gasteiger partial charge in [-0.25, -0.2) is 18.0 Å². The van der Waals surface area contributed by atoms with E-state index in [0.29, 0.717) is 29.9 Å². The van der Waals surface area contributed by atoms with Crippen molar-refractivity contribution in [3.8, 4) is 0 Å². The zero-order valence-corrected chi connectivity index (χ0v) is 21.1. The number of amides is 2. The van der Waals surface area contributed by atoms with E-state index in [4.69, 9.17) is 4.74 Å². The first-order chi connectivity index (χ1) is 16.1. The van der Waals surface area contributed by atoms with Crippen molar-refractivity contribution in [2.24, 2.45) is 0 Å². The Morgan fingerprint density at radius 1 is 1.12 bits per heavy atom. The summed E-state index contributed by atoms with van der Waals surface area (Å²) in [6.45, 7) is 1.67. The molecular formula is C20H23F3IN5O4S. The molecule has 9 nitrogen and oxygen atoms in total. The lowest BCUT2D eigenvalue weighted by Crippen LogP contribution is -2.48. The molecule has 0 saturated carbocycles. The summed E-state index contributed by atoms with van der Waals surface area (Å²) in [5.74, 6) is -3.34. The Morgan fingerprint density at radius 2 is 1.79 bits per heavy atom. The molecule has 1 aliphatic heterocycles. The number of halogens is 4. The van der Waals surface area contributed by atoms with Crippen LogP contribution in [0.4, 0.5) is 35.0 Å². The summed E-state index contributed by atoms with van der Waals surface area (Å²) < 4.78 is 77.0. The van der Waals surface area contributed by atoms with Gasteiger partial charge in [-0.1, -0.05) is 0 Å². The second-order valence-electron chi connectivity index (χ2n) is 7.29. The van der Waals surface area contributed by atoms with Gasteiger partial charge in [-0.15, -0.1) is 0 Å². The van der Waals surface area contributed by atoms with E-state index >= 15 is 0 Å². The van der Waals surface area contributed by atoms with E-state index < -0.39 is 33.3 Å². The average Bonchev–Trinajstić information content (AvgIpc) is 2.80. The molecule has 2 amide bonds. The number of carbonyl (C=O) groups excluding carboxylic acids is 1. The van der Waals surface area contributed by atoms with E-state index in [1.807, 2.05) is 22.6 Å². The van der Waals surface area contributed by atoms with Crippen molar-refractivity contribution in [1.29, 1.82) is 0 Å². The number of morpholine rings is 1. The minimum atomic E-state index is -4.22. The van der Waals surface area contributed by atoms with Gasteiger partial charge < -0.3 is 20.3 Å². The number of ether oxygens (including phenoxy) is 1. The molecule has 186 valence electrons. The number of nitrogens with one attached hydrogen (secondary N) is 3. The van der Waals surface area contributed by atoms with E-state index in [2.05, 4.69) is 15.4 Å². The first-order valence-electron chi connectivity index (χ1n) is 10.1. The van der Waals surface area contributed by atoms with Crippen LogP contribution in [-0.2, 0) is 14.9 Å². The third-order valence-corrected chi connectivity index (χ3v) is 7.09. The molecule has 0 unspecified atom stereocenters. The second kappa shape index (κ2) is 11.4. The van der Waals surface area contributed by atoms with Crippen LogP contribution in [0, 0.1) is 21.0 Å². The number of urea groups is 1. The molecule has 0 spiro atoms. The van der Waals surface area contributed by atoms with Crippen LogP contribution in [0.1, 0.15) is 0 Å². The molecule has 1 aliphatic rings. The maximum atomic E-state index is 14.5.